The molecule has 0 atom stereocenters. The minimum atomic E-state index is -3.79. The van der Waals surface area contributed by atoms with Gasteiger partial charge >= 0.3 is 11.9 Å². The summed E-state index contributed by atoms with van der Waals surface area (Å²) in [6.45, 7) is 1.19. The van der Waals surface area contributed by atoms with Gasteiger partial charge < -0.3 is 14.8 Å². The van der Waals surface area contributed by atoms with Gasteiger partial charge in [0, 0.05) is 4.88 Å². The Morgan fingerprint density at radius 1 is 1.12 bits per heavy atom. The molecule has 33 heavy (non-hydrogen) atoms. The first-order valence-electron chi connectivity index (χ1n) is 10.1. The van der Waals surface area contributed by atoms with E-state index < -0.39 is 34.5 Å². The molecule has 0 bridgehead atoms. The predicted octanol–water partition coefficient (Wildman–Crippen LogP) is 2.12. The summed E-state index contributed by atoms with van der Waals surface area (Å²) in [4.78, 5) is 37.9. The zero-order chi connectivity index (χ0) is 24.0. The van der Waals surface area contributed by atoms with Gasteiger partial charge in [-0.2, -0.15) is 4.72 Å². The SMILES string of the molecule is C#CCNS(=O)(=O)c1ccc(C(=O)OCC(=O)Nc2sc3c(c2C(=O)OCC)CCC3)cc1. The summed E-state index contributed by atoms with van der Waals surface area (Å²) < 4.78 is 36.4. The normalized spacial score (nSPS) is 12.5. The second kappa shape index (κ2) is 10.6. The fourth-order valence-corrected chi connectivity index (χ4v) is 5.51. The number of sulfonamides is 1. The fourth-order valence-electron chi connectivity index (χ4n) is 3.28. The number of anilines is 1. The molecule has 0 unspecified atom stereocenters. The fraction of sp³-hybridized carbons (Fsp3) is 0.318. The van der Waals surface area contributed by atoms with Crippen molar-refractivity contribution in [3.05, 3.63) is 45.8 Å². The van der Waals surface area contributed by atoms with Crippen molar-refractivity contribution in [3.8, 4) is 12.3 Å². The molecule has 1 aliphatic rings. The topological polar surface area (TPSA) is 128 Å². The number of carbonyl (C=O) groups excluding carboxylic acids is 3. The molecule has 3 rings (SSSR count). The standard InChI is InChI=1S/C22H22N2O7S2/c1-3-12-23-33(28,29)15-10-8-14(9-11-15)21(26)31-13-18(25)24-20-19(22(27)30-4-2)16-6-5-7-17(16)32-20/h1,8-11,23H,4-7,12-13H2,2H3,(H,24,25). The maximum absolute atomic E-state index is 12.4. The molecule has 1 amide bonds. The van der Waals surface area contributed by atoms with Crippen LogP contribution in [0.2, 0.25) is 0 Å². The lowest BCUT2D eigenvalue weighted by atomic mass is 10.1. The number of carbonyl (C=O) groups is 3. The van der Waals surface area contributed by atoms with Gasteiger partial charge in [-0.25, -0.2) is 18.0 Å². The Balaban J connectivity index is 1.61. The van der Waals surface area contributed by atoms with Gasteiger partial charge in [-0.3, -0.25) is 4.79 Å². The number of fused-ring (bicyclic) bond motifs is 1. The summed E-state index contributed by atoms with van der Waals surface area (Å²) in [5.74, 6) is 0.271. The maximum atomic E-state index is 12.4. The van der Waals surface area contributed by atoms with Gasteiger partial charge in [0.2, 0.25) is 10.0 Å². The lowest BCUT2D eigenvalue weighted by Crippen LogP contribution is -2.24. The average molecular weight is 491 g/mol. The quantitative estimate of drug-likeness (QED) is 0.407. The summed E-state index contributed by atoms with van der Waals surface area (Å²) in [5.41, 5.74) is 1.34. The first-order chi connectivity index (χ1) is 15.8. The zero-order valence-corrected chi connectivity index (χ0v) is 19.4. The van der Waals surface area contributed by atoms with Crippen molar-refractivity contribution >= 4 is 44.2 Å². The molecule has 1 aliphatic carbocycles. The summed E-state index contributed by atoms with van der Waals surface area (Å²) in [6, 6.07) is 5.00. The Bertz CT molecular complexity index is 1210. The smallest absolute Gasteiger partial charge is 0.341 e. The van der Waals surface area contributed by atoms with Gasteiger partial charge in [-0.1, -0.05) is 5.92 Å². The van der Waals surface area contributed by atoms with E-state index in [9.17, 15) is 22.8 Å². The molecule has 11 heteroatoms. The third kappa shape index (κ3) is 5.78. The second-order valence-corrected chi connectivity index (χ2v) is 9.83. The first-order valence-corrected chi connectivity index (χ1v) is 12.4. The molecular weight excluding hydrogens is 468 g/mol. The van der Waals surface area contributed by atoms with Crippen LogP contribution < -0.4 is 10.0 Å². The van der Waals surface area contributed by atoms with E-state index >= 15 is 0 Å². The minimum absolute atomic E-state index is 0.0655. The molecule has 0 fully saturated rings. The van der Waals surface area contributed by atoms with Crippen LogP contribution in [0.5, 0.6) is 0 Å². The third-order valence-electron chi connectivity index (χ3n) is 4.75. The molecule has 0 saturated heterocycles. The number of amides is 1. The highest BCUT2D eigenvalue weighted by molar-refractivity contribution is 7.89. The third-order valence-corrected chi connectivity index (χ3v) is 7.38. The van der Waals surface area contributed by atoms with Gasteiger partial charge in [0.05, 0.1) is 29.2 Å². The van der Waals surface area contributed by atoms with Crippen LogP contribution in [0.25, 0.3) is 0 Å². The van der Waals surface area contributed by atoms with Crippen molar-refractivity contribution in [1.29, 1.82) is 0 Å². The van der Waals surface area contributed by atoms with Crippen molar-refractivity contribution < 1.29 is 32.3 Å². The van der Waals surface area contributed by atoms with Crippen LogP contribution in [0, 0.1) is 12.3 Å². The number of terminal acetylenes is 1. The number of ether oxygens (including phenoxy) is 2. The van der Waals surface area contributed by atoms with Gasteiger partial charge in [-0.05, 0) is 56.0 Å². The van der Waals surface area contributed by atoms with Crippen molar-refractivity contribution in [3.63, 3.8) is 0 Å². The summed E-state index contributed by atoms with van der Waals surface area (Å²) in [7, 11) is -3.79. The average Bonchev–Trinajstić information content (AvgIpc) is 3.37. The highest BCUT2D eigenvalue weighted by Gasteiger charge is 2.28. The zero-order valence-electron chi connectivity index (χ0n) is 17.8. The lowest BCUT2D eigenvalue weighted by molar-refractivity contribution is -0.119. The maximum Gasteiger partial charge on any atom is 0.341 e. The van der Waals surface area contributed by atoms with E-state index in [2.05, 4.69) is 16.0 Å². The minimum Gasteiger partial charge on any atom is -0.462 e. The molecule has 1 heterocycles. The van der Waals surface area contributed by atoms with E-state index in [4.69, 9.17) is 15.9 Å². The van der Waals surface area contributed by atoms with Crippen LogP contribution in [-0.2, 0) is 37.1 Å². The van der Waals surface area contributed by atoms with Gasteiger partial charge in [0.15, 0.2) is 6.61 Å². The van der Waals surface area contributed by atoms with Crippen LogP contribution >= 0.6 is 11.3 Å². The molecule has 1 aromatic heterocycles. The van der Waals surface area contributed by atoms with Gasteiger partial charge in [-0.15, -0.1) is 17.8 Å². The number of thiophene rings is 1. The number of rotatable bonds is 9. The summed E-state index contributed by atoms with van der Waals surface area (Å²) >= 11 is 1.32. The number of hydrogen-bond acceptors (Lipinski definition) is 8. The van der Waals surface area contributed by atoms with E-state index in [1.54, 1.807) is 6.92 Å². The molecule has 0 radical (unpaired) electrons. The molecular formula is C22H22N2O7S2. The first kappa shape index (κ1) is 24.4. The number of benzene rings is 1. The number of hydrogen-bond donors (Lipinski definition) is 2. The second-order valence-electron chi connectivity index (χ2n) is 6.96. The Labute approximate surface area is 195 Å². The van der Waals surface area contributed by atoms with Crippen LogP contribution in [0.1, 0.15) is 44.5 Å². The van der Waals surface area contributed by atoms with E-state index in [0.717, 1.165) is 29.7 Å². The summed E-state index contributed by atoms with van der Waals surface area (Å²) in [6.07, 6.45) is 7.57. The van der Waals surface area contributed by atoms with E-state index in [0.29, 0.717) is 10.6 Å². The van der Waals surface area contributed by atoms with Gasteiger partial charge in [0.1, 0.15) is 5.00 Å². The lowest BCUT2D eigenvalue weighted by Gasteiger charge is -2.09. The van der Waals surface area contributed by atoms with Crippen molar-refractivity contribution in [2.24, 2.45) is 0 Å². The molecule has 2 aromatic rings. The van der Waals surface area contributed by atoms with Crippen LogP contribution in [0.15, 0.2) is 29.2 Å². The number of esters is 2. The molecule has 174 valence electrons. The monoisotopic (exact) mass is 490 g/mol. The van der Waals surface area contributed by atoms with Crippen molar-refractivity contribution in [1.82, 2.24) is 4.72 Å². The van der Waals surface area contributed by atoms with Gasteiger partial charge in [0.25, 0.3) is 5.91 Å². The van der Waals surface area contributed by atoms with Crippen LogP contribution in [-0.4, -0.2) is 46.0 Å². The van der Waals surface area contributed by atoms with E-state index in [-0.39, 0.29) is 23.6 Å². The van der Waals surface area contributed by atoms with Crippen LogP contribution in [0.4, 0.5) is 5.00 Å². The largest absolute Gasteiger partial charge is 0.462 e. The van der Waals surface area contributed by atoms with Crippen molar-refractivity contribution in [2.75, 3.05) is 25.1 Å². The van der Waals surface area contributed by atoms with E-state index in [1.165, 1.54) is 35.6 Å². The molecule has 1 aromatic carbocycles. The Morgan fingerprint density at radius 3 is 2.52 bits per heavy atom. The number of aryl methyl sites for hydroxylation is 1. The predicted molar refractivity (Wildman–Crippen MR) is 122 cm³/mol. The van der Waals surface area contributed by atoms with E-state index in [1.807, 2.05) is 0 Å². The van der Waals surface area contributed by atoms with Crippen LogP contribution in [0.3, 0.4) is 0 Å². The molecule has 0 aliphatic heterocycles. The molecule has 2 N–H and O–H groups in total. The molecule has 9 nitrogen and oxygen atoms in total. The highest BCUT2D eigenvalue weighted by Crippen LogP contribution is 2.39. The highest BCUT2D eigenvalue weighted by atomic mass is 32.2. The molecule has 0 spiro atoms. The Kier molecular flexibility index (Phi) is 7.86. The Hall–Kier alpha value is -3.20. The molecule has 0 saturated carbocycles. The number of nitrogens with one attached hydrogen (secondary N) is 2. The Morgan fingerprint density at radius 2 is 1.85 bits per heavy atom. The summed E-state index contributed by atoms with van der Waals surface area (Å²) in [5, 5.41) is 3.02. The van der Waals surface area contributed by atoms with Crippen molar-refractivity contribution in [2.45, 2.75) is 31.1 Å².